The van der Waals surface area contributed by atoms with Crippen molar-refractivity contribution in [1.29, 1.82) is 0 Å². The first kappa shape index (κ1) is 14.0. The van der Waals surface area contributed by atoms with Crippen LogP contribution in [0.5, 0.6) is 11.5 Å². The fourth-order valence-corrected chi connectivity index (χ4v) is 3.22. The number of hydrogen-bond donors (Lipinski definition) is 1. The van der Waals surface area contributed by atoms with Gasteiger partial charge in [0.25, 0.3) is 0 Å². The molecular formula is C18H21NO2. The van der Waals surface area contributed by atoms with Crippen LogP contribution in [0.15, 0.2) is 36.4 Å². The van der Waals surface area contributed by atoms with Crippen LogP contribution in [0.25, 0.3) is 0 Å². The summed E-state index contributed by atoms with van der Waals surface area (Å²) in [7, 11) is 3.41. The molecule has 0 unspecified atom stereocenters. The molecule has 110 valence electrons. The van der Waals surface area contributed by atoms with Crippen molar-refractivity contribution in [2.45, 2.75) is 18.8 Å². The van der Waals surface area contributed by atoms with E-state index in [0.29, 0.717) is 6.54 Å². The number of nitrogens with two attached hydrogens (primary N) is 1. The summed E-state index contributed by atoms with van der Waals surface area (Å²) >= 11 is 0. The van der Waals surface area contributed by atoms with Gasteiger partial charge in [-0.1, -0.05) is 12.1 Å². The van der Waals surface area contributed by atoms with Crippen LogP contribution in [-0.2, 0) is 12.8 Å². The molecule has 0 saturated heterocycles. The third kappa shape index (κ3) is 2.49. The average molecular weight is 283 g/mol. The number of rotatable bonds is 3. The summed E-state index contributed by atoms with van der Waals surface area (Å²) < 4.78 is 10.7. The van der Waals surface area contributed by atoms with Crippen LogP contribution >= 0.6 is 0 Å². The minimum atomic E-state index is 0.245. The van der Waals surface area contributed by atoms with Crippen LogP contribution in [0, 0.1) is 0 Å². The summed E-state index contributed by atoms with van der Waals surface area (Å²) in [4.78, 5) is 0. The third-order valence-corrected chi connectivity index (χ3v) is 4.35. The van der Waals surface area contributed by atoms with Crippen LogP contribution in [0.2, 0.25) is 0 Å². The zero-order chi connectivity index (χ0) is 14.8. The van der Waals surface area contributed by atoms with E-state index in [4.69, 9.17) is 15.2 Å². The number of methoxy groups -OCH3 is 2. The molecule has 3 nitrogen and oxygen atoms in total. The highest BCUT2D eigenvalue weighted by Crippen LogP contribution is 2.36. The van der Waals surface area contributed by atoms with E-state index in [-0.39, 0.29) is 5.92 Å². The van der Waals surface area contributed by atoms with Gasteiger partial charge in [-0.2, -0.15) is 0 Å². The maximum Gasteiger partial charge on any atom is 0.119 e. The standard InChI is InChI=1S/C18H21NO2/c1-20-14-5-7-16-12(9-14)3-4-13-10-15(21-2)6-8-17(13)18(16)11-19/h5-10,18H,3-4,11,19H2,1-2H3. The van der Waals surface area contributed by atoms with Crippen LogP contribution < -0.4 is 15.2 Å². The zero-order valence-corrected chi connectivity index (χ0v) is 12.6. The molecule has 1 aliphatic carbocycles. The molecule has 3 rings (SSSR count). The van der Waals surface area contributed by atoms with Gasteiger partial charge in [-0.15, -0.1) is 0 Å². The molecule has 21 heavy (non-hydrogen) atoms. The number of hydrogen-bond acceptors (Lipinski definition) is 3. The van der Waals surface area contributed by atoms with Gasteiger partial charge in [0.15, 0.2) is 0 Å². The second-order valence-electron chi connectivity index (χ2n) is 5.42. The molecule has 0 spiro atoms. The first-order valence-corrected chi connectivity index (χ1v) is 7.30. The first-order valence-electron chi connectivity index (χ1n) is 7.30. The maximum atomic E-state index is 6.08. The van der Waals surface area contributed by atoms with Crippen molar-refractivity contribution < 1.29 is 9.47 Å². The van der Waals surface area contributed by atoms with Gasteiger partial charge in [0.1, 0.15) is 11.5 Å². The van der Waals surface area contributed by atoms with Gasteiger partial charge in [0, 0.05) is 12.5 Å². The van der Waals surface area contributed by atoms with Gasteiger partial charge in [0.2, 0.25) is 0 Å². The maximum absolute atomic E-state index is 6.08. The minimum absolute atomic E-state index is 0.245. The number of ether oxygens (including phenoxy) is 2. The molecule has 2 aromatic rings. The number of fused-ring (bicyclic) bond motifs is 2. The van der Waals surface area contributed by atoms with E-state index in [1.807, 2.05) is 12.1 Å². The Hall–Kier alpha value is -2.00. The predicted molar refractivity (Wildman–Crippen MR) is 84.3 cm³/mol. The summed E-state index contributed by atoms with van der Waals surface area (Å²) in [5.74, 6) is 2.07. The van der Waals surface area contributed by atoms with Crippen LogP contribution in [0.4, 0.5) is 0 Å². The van der Waals surface area contributed by atoms with Gasteiger partial charge in [-0.05, 0) is 59.4 Å². The van der Waals surface area contributed by atoms with Crippen LogP contribution in [-0.4, -0.2) is 20.8 Å². The molecule has 0 fully saturated rings. The second kappa shape index (κ2) is 5.78. The number of aryl methyl sites for hydroxylation is 2. The summed E-state index contributed by atoms with van der Waals surface area (Å²) in [6, 6.07) is 12.6. The van der Waals surface area contributed by atoms with Crippen molar-refractivity contribution >= 4 is 0 Å². The highest BCUT2D eigenvalue weighted by atomic mass is 16.5. The van der Waals surface area contributed by atoms with Crippen LogP contribution in [0.1, 0.15) is 28.2 Å². The zero-order valence-electron chi connectivity index (χ0n) is 12.6. The molecular weight excluding hydrogens is 262 g/mol. The van der Waals surface area contributed by atoms with Crippen molar-refractivity contribution in [3.63, 3.8) is 0 Å². The predicted octanol–water partition coefficient (Wildman–Crippen LogP) is 2.89. The molecule has 0 heterocycles. The topological polar surface area (TPSA) is 44.5 Å². The van der Waals surface area contributed by atoms with Crippen LogP contribution in [0.3, 0.4) is 0 Å². The van der Waals surface area contributed by atoms with Crippen molar-refractivity contribution in [2.24, 2.45) is 5.73 Å². The van der Waals surface area contributed by atoms with Gasteiger partial charge in [-0.3, -0.25) is 0 Å². The normalized spacial score (nSPS) is 14.0. The van der Waals surface area contributed by atoms with E-state index in [2.05, 4.69) is 24.3 Å². The lowest BCUT2D eigenvalue weighted by Gasteiger charge is -2.19. The van der Waals surface area contributed by atoms with Crippen molar-refractivity contribution in [1.82, 2.24) is 0 Å². The van der Waals surface area contributed by atoms with Gasteiger partial charge >= 0.3 is 0 Å². The van der Waals surface area contributed by atoms with E-state index in [0.717, 1.165) is 24.3 Å². The summed E-state index contributed by atoms with van der Waals surface area (Å²) in [5.41, 5.74) is 11.4. The molecule has 0 saturated carbocycles. The van der Waals surface area contributed by atoms with E-state index >= 15 is 0 Å². The van der Waals surface area contributed by atoms with Gasteiger partial charge < -0.3 is 15.2 Å². The molecule has 0 atom stereocenters. The SMILES string of the molecule is COc1ccc2c(c1)CCc1cc(OC)ccc1C2CN. The lowest BCUT2D eigenvalue weighted by Crippen LogP contribution is -2.15. The summed E-state index contributed by atoms with van der Waals surface area (Å²) in [5, 5.41) is 0. The van der Waals surface area contributed by atoms with Crippen molar-refractivity contribution in [3.05, 3.63) is 58.7 Å². The smallest absolute Gasteiger partial charge is 0.119 e. The van der Waals surface area contributed by atoms with E-state index in [9.17, 15) is 0 Å². The Balaban J connectivity index is 2.10. The molecule has 0 radical (unpaired) electrons. The first-order chi connectivity index (χ1) is 10.3. The molecule has 0 aliphatic heterocycles. The van der Waals surface area contributed by atoms with E-state index < -0.39 is 0 Å². The second-order valence-corrected chi connectivity index (χ2v) is 5.42. The fraction of sp³-hybridized carbons (Fsp3) is 0.333. The average Bonchev–Trinajstić information content (AvgIpc) is 2.69. The molecule has 0 amide bonds. The Morgan fingerprint density at radius 3 is 1.76 bits per heavy atom. The van der Waals surface area contributed by atoms with Gasteiger partial charge in [-0.25, -0.2) is 0 Å². The molecule has 2 N–H and O–H groups in total. The number of benzene rings is 2. The van der Waals surface area contributed by atoms with Crippen molar-refractivity contribution in [3.8, 4) is 11.5 Å². The third-order valence-electron chi connectivity index (χ3n) is 4.35. The lowest BCUT2D eigenvalue weighted by atomic mass is 9.88. The Bertz CT molecular complexity index is 596. The Morgan fingerprint density at radius 2 is 1.38 bits per heavy atom. The largest absolute Gasteiger partial charge is 0.497 e. The molecule has 0 aromatic heterocycles. The lowest BCUT2D eigenvalue weighted by molar-refractivity contribution is 0.414. The Morgan fingerprint density at radius 1 is 0.905 bits per heavy atom. The quantitative estimate of drug-likeness (QED) is 0.942. The van der Waals surface area contributed by atoms with Gasteiger partial charge in [0.05, 0.1) is 14.2 Å². The minimum Gasteiger partial charge on any atom is -0.497 e. The molecule has 2 aromatic carbocycles. The highest BCUT2D eigenvalue weighted by Gasteiger charge is 2.23. The van der Waals surface area contributed by atoms with E-state index in [1.54, 1.807) is 14.2 Å². The van der Waals surface area contributed by atoms with E-state index in [1.165, 1.54) is 22.3 Å². The molecule has 0 bridgehead atoms. The summed E-state index contributed by atoms with van der Waals surface area (Å²) in [6.07, 6.45) is 2.01. The molecule has 1 aliphatic rings. The fourth-order valence-electron chi connectivity index (χ4n) is 3.22. The highest BCUT2D eigenvalue weighted by molar-refractivity contribution is 5.49. The van der Waals surface area contributed by atoms with Crippen molar-refractivity contribution in [2.75, 3.05) is 20.8 Å². The molecule has 3 heteroatoms. The Labute approximate surface area is 125 Å². The Kier molecular flexibility index (Phi) is 3.84. The summed E-state index contributed by atoms with van der Waals surface area (Å²) in [6.45, 7) is 0.610. The monoisotopic (exact) mass is 283 g/mol.